The highest BCUT2D eigenvalue weighted by Crippen LogP contribution is 2.04. The average molecular weight is 182 g/mol. The van der Waals surface area contributed by atoms with Gasteiger partial charge in [-0.3, -0.25) is 5.10 Å². The molecule has 4 nitrogen and oxygen atoms in total. The second-order valence-electron chi connectivity index (χ2n) is 2.87. The Bertz CT molecular complexity index is 281. The molecule has 0 aromatic carbocycles. The molecule has 72 valence electrons. The van der Waals surface area contributed by atoms with Gasteiger partial charge < -0.3 is 4.74 Å². The number of nitrogens with one attached hydrogen (secondary N) is 1. The number of esters is 1. The van der Waals surface area contributed by atoms with E-state index in [1.54, 1.807) is 6.07 Å². The number of hydrogen-bond donors (Lipinski definition) is 1. The maximum atomic E-state index is 11.0. The highest BCUT2D eigenvalue weighted by atomic mass is 16.5. The molecule has 1 aromatic heterocycles. The Kier molecular flexibility index (Phi) is 3.49. The van der Waals surface area contributed by atoms with E-state index in [-0.39, 0.29) is 5.97 Å². The molecule has 0 bridgehead atoms. The number of nitrogens with zero attached hydrogens (tertiary/aromatic N) is 1. The van der Waals surface area contributed by atoms with E-state index in [1.807, 2.05) is 0 Å². The molecule has 0 saturated carbocycles. The number of aryl methyl sites for hydroxylation is 1. The number of hydrogen-bond acceptors (Lipinski definition) is 3. The number of methoxy groups -OCH3 is 1. The largest absolute Gasteiger partial charge is 0.464 e. The average Bonchev–Trinajstić information content (AvgIpc) is 2.62. The zero-order chi connectivity index (χ0) is 9.68. The fraction of sp³-hybridized carbons (Fsp3) is 0.556. The van der Waals surface area contributed by atoms with Crippen molar-refractivity contribution in [1.82, 2.24) is 10.2 Å². The molecular formula is C9H14N2O2. The highest BCUT2D eigenvalue weighted by molar-refractivity contribution is 5.87. The predicted octanol–water partition coefficient (Wildman–Crippen LogP) is 1.54. The molecule has 0 saturated heterocycles. The minimum absolute atomic E-state index is 0.355. The van der Waals surface area contributed by atoms with Gasteiger partial charge in [-0.25, -0.2) is 4.79 Å². The number of aromatic amines is 1. The van der Waals surface area contributed by atoms with E-state index in [4.69, 9.17) is 0 Å². The Morgan fingerprint density at radius 3 is 3.08 bits per heavy atom. The molecule has 0 aliphatic heterocycles. The summed E-state index contributed by atoms with van der Waals surface area (Å²) in [6.07, 6.45) is 3.16. The zero-order valence-electron chi connectivity index (χ0n) is 7.96. The summed E-state index contributed by atoms with van der Waals surface area (Å²) in [7, 11) is 1.35. The van der Waals surface area contributed by atoms with Crippen molar-refractivity contribution >= 4 is 5.97 Å². The van der Waals surface area contributed by atoms with Gasteiger partial charge in [0.2, 0.25) is 0 Å². The van der Waals surface area contributed by atoms with E-state index in [1.165, 1.54) is 7.11 Å². The SMILES string of the molecule is CCCCc1cc(C(=O)OC)n[nH]1. The lowest BCUT2D eigenvalue weighted by atomic mass is 10.2. The van der Waals surface area contributed by atoms with Gasteiger partial charge in [-0.1, -0.05) is 13.3 Å². The third kappa shape index (κ3) is 2.57. The van der Waals surface area contributed by atoms with Gasteiger partial charge in [0.15, 0.2) is 5.69 Å². The van der Waals surface area contributed by atoms with Crippen LogP contribution in [0.4, 0.5) is 0 Å². The van der Waals surface area contributed by atoms with E-state index >= 15 is 0 Å². The molecule has 13 heavy (non-hydrogen) atoms. The van der Waals surface area contributed by atoms with Crippen molar-refractivity contribution in [1.29, 1.82) is 0 Å². The normalized spacial score (nSPS) is 10.0. The molecule has 0 amide bonds. The Balaban J connectivity index is 2.58. The summed E-state index contributed by atoms with van der Waals surface area (Å²) in [6.45, 7) is 2.12. The summed E-state index contributed by atoms with van der Waals surface area (Å²) >= 11 is 0. The molecule has 0 aliphatic carbocycles. The number of unbranched alkanes of at least 4 members (excludes halogenated alkanes) is 1. The van der Waals surface area contributed by atoms with Crippen LogP contribution in [-0.2, 0) is 11.2 Å². The summed E-state index contributed by atoms with van der Waals surface area (Å²) in [6, 6.07) is 1.74. The molecule has 0 fully saturated rings. The van der Waals surface area contributed by atoms with Crippen molar-refractivity contribution in [2.45, 2.75) is 26.2 Å². The Hall–Kier alpha value is -1.32. The fourth-order valence-electron chi connectivity index (χ4n) is 1.07. The molecule has 1 aromatic rings. The highest BCUT2D eigenvalue weighted by Gasteiger charge is 2.09. The molecule has 1 heterocycles. The van der Waals surface area contributed by atoms with Gasteiger partial charge in [0.25, 0.3) is 0 Å². The summed E-state index contributed by atoms with van der Waals surface area (Å²) in [5.74, 6) is -0.390. The van der Waals surface area contributed by atoms with Gasteiger partial charge in [-0.15, -0.1) is 0 Å². The first kappa shape index (κ1) is 9.77. The number of carbonyl (C=O) groups is 1. The van der Waals surface area contributed by atoms with E-state index in [9.17, 15) is 4.79 Å². The summed E-state index contributed by atoms with van der Waals surface area (Å²) in [5, 5.41) is 6.65. The van der Waals surface area contributed by atoms with Crippen LogP contribution >= 0.6 is 0 Å². The third-order valence-corrected chi connectivity index (χ3v) is 1.83. The molecular weight excluding hydrogens is 168 g/mol. The van der Waals surface area contributed by atoms with Crippen molar-refractivity contribution < 1.29 is 9.53 Å². The molecule has 1 rings (SSSR count). The van der Waals surface area contributed by atoms with Gasteiger partial charge in [0.1, 0.15) is 0 Å². The Labute approximate surface area is 77.3 Å². The maximum absolute atomic E-state index is 11.0. The first-order chi connectivity index (χ1) is 6.27. The topological polar surface area (TPSA) is 55.0 Å². The molecule has 0 aliphatic rings. The minimum Gasteiger partial charge on any atom is -0.464 e. The zero-order valence-corrected chi connectivity index (χ0v) is 7.96. The van der Waals surface area contributed by atoms with Gasteiger partial charge in [-0.05, 0) is 18.9 Å². The van der Waals surface area contributed by atoms with Crippen molar-refractivity contribution in [3.8, 4) is 0 Å². The van der Waals surface area contributed by atoms with Gasteiger partial charge >= 0.3 is 5.97 Å². The van der Waals surface area contributed by atoms with Gasteiger partial charge in [0, 0.05) is 5.69 Å². The fourth-order valence-corrected chi connectivity index (χ4v) is 1.07. The third-order valence-electron chi connectivity index (χ3n) is 1.83. The van der Waals surface area contributed by atoms with Gasteiger partial charge in [0.05, 0.1) is 7.11 Å². The van der Waals surface area contributed by atoms with Crippen molar-refractivity contribution in [2.24, 2.45) is 0 Å². The number of aromatic nitrogens is 2. The smallest absolute Gasteiger partial charge is 0.358 e. The van der Waals surface area contributed by atoms with E-state index < -0.39 is 0 Å². The minimum atomic E-state index is -0.390. The molecule has 0 unspecified atom stereocenters. The molecule has 0 radical (unpaired) electrons. The molecule has 0 atom stereocenters. The van der Waals surface area contributed by atoms with E-state index in [0.717, 1.165) is 25.0 Å². The summed E-state index contributed by atoms with van der Waals surface area (Å²) < 4.78 is 4.53. The van der Waals surface area contributed by atoms with Crippen molar-refractivity contribution in [3.05, 3.63) is 17.5 Å². The monoisotopic (exact) mass is 182 g/mol. The van der Waals surface area contributed by atoms with Crippen LogP contribution in [0.1, 0.15) is 35.9 Å². The standard InChI is InChI=1S/C9H14N2O2/c1-3-4-5-7-6-8(11-10-7)9(12)13-2/h6H,3-5H2,1-2H3,(H,10,11). The molecule has 1 N–H and O–H groups in total. The number of carbonyl (C=O) groups excluding carboxylic acids is 1. The Morgan fingerprint density at radius 2 is 2.46 bits per heavy atom. The first-order valence-electron chi connectivity index (χ1n) is 4.40. The number of ether oxygens (including phenoxy) is 1. The van der Waals surface area contributed by atoms with Crippen LogP contribution in [0.2, 0.25) is 0 Å². The lowest BCUT2D eigenvalue weighted by molar-refractivity contribution is 0.0594. The summed E-state index contributed by atoms with van der Waals surface area (Å²) in [5.41, 5.74) is 1.34. The second-order valence-corrected chi connectivity index (χ2v) is 2.87. The van der Waals surface area contributed by atoms with Crippen molar-refractivity contribution in [2.75, 3.05) is 7.11 Å². The van der Waals surface area contributed by atoms with Gasteiger partial charge in [-0.2, -0.15) is 5.10 Å². The first-order valence-corrected chi connectivity index (χ1v) is 4.40. The van der Waals surface area contributed by atoms with E-state index in [0.29, 0.717) is 5.69 Å². The number of rotatable bonds is 4. The molecule has 4 heteroatoms. The van der Waals surface area contributed by atoms with Crippen LogP contribution in [0.25, 0.3) is 0 Å². The van der Waals surface area contributed by atoms with Crippen LogP contribution in [0.3, 0.4) is 0 Å². The van der Waals surface area contributed by atoms with E-state index in [2.05, 4.69) is 21.9 Å². The van der Waals surface area contributed by atoms with Crippen LogP contribution in [0, 0.1) is 0 Å². The van der Waals surface area contributed by atoms with Crippen molar-refractivity contribution in [3.63, 3.8) is 0 Å². The van der Waals surface area contributed by atoms with Crippen LogP contribution in [-0.4, -0.2) is 23.3 Å². The van der Waals surface area contributed by atoms with Crippen LogP contribution in [0.5, 0.6) is 0 Å². The lowest BCUT2D eigenvalue weighted by Crippen LogP contribution is -2.00. The quantitative estimate of drug-likeness (QED) is 0.718. The summed E-state index contributed by atoms with van der Waals surface area (Å²) in [4.78, 5) is 11.0. The molecule has 0 spiro atoms. The lowest BCUT2D eigenvalue weighted by Gasteiger charge is -1.91. The van der Waals surface area contributed by atoms with Crippen LogP contribution in [0.15, 0.2) is 6.07 Å². The Morgan fingerprint density at radius 1 is 1.69 bits per heavy atom. The van der Waals surface area contributed by atoms with Crippen LogP contribution < -0.4 is 0 Å². The number of H-pyrrole nitrogens is 1. The maximum Gasteiger partial charge on any atom is 0.358 e. The second kappa shape index (κ2) is 4.64. The predicted molar refractivity (Wildman–Crippen MR) is 48.5 cm³/mol.